The van der Waals surface area contributed by atoms with Gasteiger partial charge in [-0.25, -0.2) is 0 Å². The van der Waals surface area contributed by atoms with Crippen molar-refractivity contribution in [2.24, 2.45) is 0 Å². The quantitative estimate of drug-likeness (QED) is 0.351. The molecule has 0 unspecified atom stereocenters. The molecule has 0 saturated heterocycles. The Balaban J connectivity index is 4.08. The molecule has 0 rings (SSSR count). The molecule has 0 radical (unpaired) electrons. The van der Waals surface area contributed by atoms with Gasteiger partial charge in [0.15, 0.2) is 0 Å². The van der Waals surface area contributed by atoms with E-state index in [1.54, 1.807) is 0 Å². The zero-order valence-electron chi connectivity index (χ0n) is 5.16. The predicted octanol–water partition coefficient (Wildman–Crippen LogP) is 1.97. The van der Waals surface area contributed by atoms with Gasteiger partial charge < -0.3 is 0 Å². The summed E-state index contributed by atoms with van der Waals surface area (Å²) in [7, 11) is 0. The van der Waals surface area contributed by atoms with Crippen LogP contribution in [0.2, 0.25) is 0 Å². The van der Waals surface area contributed by atoms with Gasteiger partial charge in [0, 0.05) is 0 Å². The van der Waals surface area contributed by atoms with Crippen LogP contribution in [0.4, 0.5) is 0 Å². The van der Waals surface area contributed by atoms with Gasteiger partial charge in [0.1, 0.15) is 0 Å². The fourth-order valence-electron chi connectivity index (χ4n) is 0.115. The van der Waals surface area contributed by atoms with Gasteiger partial charge >= 0.3 is 54.8 Å². The molecule has 0 nitrogen and oxygen atoms in total. The molecule has 0 amide bonds. The van der Waals surface area contributed by atoms with Crippen molar-refractivity contribution in [2.45, 2.75) is 6.92 Å². The molecule has 0 aliphatic carbocycles. The van der Waals surface area contributed by atoms with Crippen LogP contribution in [-0.4, -0.2) is 0.594 Å². The Hall–Kier alpha value is -0.190. The SMILES string of the molecule is [3H]I(C#C)C(C)=C=C. The van der Waals surface area contributed by atoms with Crippen LogP contribution in [-0.2, 0) is 0 Å². The van der Waals surface area contributed by atoms with Crippen LogP contribution in [0, 0.1) is 10.4 Å². The number of rotatable bonds is 1. The van der Waals surface area contributed by atoms with E-state index in [0.29, 0.717) is 0 Å². The topological polar surface area (TPSA) is 0 Å². The number of allylic oxidation sites excluding steroid dienone is 1. The first-order valence-corrected chi connectivity index (χ1v) is 3.93. The Kier molecular flexibility index (Phi) is 2.82. The molecule has 7 heavy (non-hydrogen) atoms. The van der Waals surface area contributed by atoms with Crippen LogP contribution in [0.15, 0.2) is 15.9 Å². The van der Waals surface area contributed by atoms with Crippen LogP contribution in [0.1, 0.15) is 6.92 Å². The second-order valence-electron chi connectivity index (χ2n) is 0.914. The normalized spacial score (nSPS) is 10.3. The first-order valence-electron chi connectivity index (χ1n) is 2.15. The fourth-order valence-corrected chi connectivity index (χ4v) is 0.773. The average Bonchev–Trinajstić information content (AvgIpc) is 1.84. The summed E-state index contributed by atoms with van der Waals surface area (Å²) in [5.41, 5.74) is 2.62. The molecule has 0 spiro atoms. The molecule has 0 N–H and O–H groups in total. The van der Waals surface area contributed by atoms with Gasteiger partial charge in [0.05, 0.1) is 0 Å². The summed E-state index contributed by atoms with van der Waals surface area (Å²) in [6, 6.07) is 0. The van der Waals surface area contributed by atoms with E-state index in [1.807, 2.05) is 6.92 Å². The summed E-state index contributed by atoms with van der Waals surface area (Å²) in [6.07, 6.45) is 4.99. The Morgan fingerprint density at radius 1 is 2.14 bits per heavy atom. The molecule has 0 atom stereocenters. The Morgan fingerprint density at radius 2 is 2.71 bits per heavy atom. The van der Waals surface area contributed by atoms with Gasteiger partial charge in [-0.3, -0.25) is 0 Å². The van der Waals surface area contributed by atoms with Gasteiger partial charge in [-0.05, 0) is 0 Å². The van der Waals surface area contributed by atoms with Crippen LogP contribution >= 0.6 is 21.0 Å². The minimum atomic E-state index is -1.91. The van der Waals surface area contributed by atoms with Gasteiger partial charge in [0.25, 0.3) is 0 Å². The summed E-state index contributed by atoms with van der Waals surface area (Å²) in [4.78, 5) is 0. The van der Waals surface area contributed by atoms with E-state index < -0.39 is 21.0 Å². The summed E-state index contributed by atoms with van der Waals surface area (Å²) >= 11 is -1.91. The van der Waals surface area contributed by atoms with Crippen molar-refractivity contribution in [1.82, 2.24) is 0 Å². The number of hydrogen-bond acceptors (Lipinski definition) is 0. The molecule has 0 heterocycles. The van der Waals surface area contributed by atoms with E-state index in [1.165, 1.54) is 0 Å². The van der Waals surface area contributed by atoms with E-state index >= 15 is 0 Å². The molecule has 0 bridgehead atoms. The van der Waals surface area contributed by atoms with E-state index in [-0.39, 0.29) is 0 Å². The van der Waals surface area contributed by atoms with Crippen molar-refractivity contribution in [2.75, 3.05) is 0 Å². The first-order chi connectivity index (χ1) is 3.72. The maximum atomic E-state index is 7.21. The van der Waals surface area contributed by atoms with Gasteiger partial charge in [0.2, 0.25) is 0 Å². The van der Waals surface area contributed by atoms with Gasteiger partial charge in [-0.2, -0.15) is 0 Å². The molecule has 0 aliphatic rings. The number of halogens is 1. The van der Waals surface area contributed by atoms with Crippen molar-refractivity contribution < 1.29 is 0 Å². The Labute approximate surface area is 55.0 Å². The van der Waals surface area contributed by atoms with Gasteiger partial charge in [-0.15, -0.1) is 0 Å². The molecular weight excluding hydrogens is 199 g/mol. The molecule has 38 valence electrons. The fraction of sp³-hybridized carbons (Fsp3) is 0.167. The van der Waals surface area contributed by atoms with Gasteiger partial charge in [-0.1, -0.05) is 0 Å². The van der Waals surface area contributed by atoms with Crippen LogP contribution in [0.25, 0.3) is 0 Å². The molecule has 0 aliphatic heterocycles. The van der Waals surface area contributed by atoms with Crippen molar-refractivity contribution in [1.29, 1.82) is 0.594 Å². The molecule has 0 saturated carbocycles. The molecule has 1 heteroatoms. The molecule has 0 aromatic carbocycles. The second-order valence-corrected chi connectivity index (χ2v) is 3.69. The third kappa shape index (κ3) is 3.65. The zero-order chi connectivity index (χ0) is 6.57. The van der Waals surface area contributed by atoms with Crippen LogP contribution in [0.5, 0.6) is 0 Å². The van der Waals surface area contributed by atoms with Crippen molar-refractivity contribution in [3.63, 3.8) is 0 Å². The van der Waals surface area contributed by atoms with Crippen LogP contribution < -0.4 is 0 Å². The minimum absolute atomic E-state index is 0.858. The molecule has 0 aromatic heterocycles. The molecular formula is C6H7I. The molecule has 0 aromatic rings. The standard InChI is InChI=1S/C6H7I/c1-4-6(3)7-5-2/h2,7H,1H2,3H3/i7T. The summed E-state index contributed by atoms with van der Waals surface area (Å²) in [5, 5.41) is 0. The summed E-state index contributed by atoms with van der Waals surface area (Å²) in [6.45, 7) is 5.20. The number of terminal acetylenes is 1. The third-order valence-electron chi connectivity index (χ3n) is 0.440. The van der Waals surface area contributed by atoms with E-state index in [0.717, 1.165) is 3.58 Å². The van der Waals surface area contributed by atoms with Crippen molar-refractivity contribution in [3.8, 4) is 10.4 Å². The van der Waals surface area contributed by atoms with Crippen molar-refractivity contribution >= 4 is 21.0 Å². The Morgan fingerprint density at radius 3 is 2.86 bits per heavy atom. The summed E-state index contributed by atoms with van der Waals surface area (Å²) in [5.74, 6) is 0. The van der Waals surface area contributed by atoms with E-state index in [4.69, 9.17) is 7.02 Å². The van der Waals surface area contributed by atoms with E-state index in [2.05, 4.69) is 16.2 Å². The summed E-state index contributed by atoms with van der Waals surface area (Å²) < 4.78 is 10.5. The predicted molar refractivity (Wildman–Crippen MR) is 42.6 cm³/mol. The monoisotopic (exact) mass is 208 g/mol. The third-order valence-corrected chi connectivity index (χ3v) is 1.94. The molecule has 0 fully saturated rings. The maximum absolute atomic E-state index is 7.21. The van der Waals surface area contributed by atoms with E-state index in [9.17, 15) is 0 Å². The second kappa shape index (κ2) is 3.98. The average molecular weight is 208 g/mol. The zero-order valence-corrected chi connectivity index (χ0v) is 6.32. The number of hydrogen-bond donors (Lipinski definition) is 0. The Bertz CT molecular complexity index is 160. The van der Waals surface area contributed by atoms with Crippen molar-refractivity contribution in [3.05, 3.63) is 15.9 Å². The first kappa shape index (κ1) is 4.96. The van der Waals surface area contributed by atoms with Crippen LogP contribution in [0.3, 0.4) is 0 Å².